The van der Waals surface area contributed by atoms with Gasteiger partial charge in [0.1, 0.15) is 11.4 Å². The van der Waals surface area contributed by atoms with Crippen molar-refractivity contribution < 1.29 is 9.53 Å². The second kappa shape index (κ2) is 11.5. The number of hydrogen-bond donors (Lipinski definition) is 2. The highest BCUT2D eigenvalue weighted by atomic mass is 127. The lowest BCUT2D eigenvalue weighted by atomic mass is 10.1. The van der Waals surface area contributed by atoms with Crippen molar-refractivity contribution in [3.63, 3.8) is 0 Å². The molecule has 1 aromatic heterocycles. The number of nitrogens with one attached hydrogen (secondary N) is 2. The first-order valence-corrected chi connectivity index (χ1v) is 10.7. The number of rotatable bonds is 5. The summed E-state index contributed by atoms with van der Waals surface area (Å²) < 4.78 is 7.50. The largest absolute Gasteiger partial charge is 0.444 e. The number of alkyl carbamates (subject to hydrolysis) is 1. The van der Waals surface area contributed by atoms with Crippen molar-refractivity contribution in [3.8, 4) is 0 Å². The number of benzene rings is 1. The number of ether oxygens (including phenoxy) is 1. The van der Waals surface area contributed by atoms with E-state index < -0.39 is 5.60 Å². The quantitative estimate of drug-likeness (QED) is 0.336. The van der Waals surface area contributed by atoms with Crippen molar-refractivity contribution in [1.29, 1.82) is 0 Å². The number of likely N-dealkylation sites (tertiary alicyclic amines) is 1. The van der Waals surface area contributed by atoms with E-state index in [1.54, 1.807) is 7.05 Å². The van der Waals surface area contributed by atoms with E-state index in [9.17, 15) is 4.79 Å². The van der Waals surface area contributed by atoms with Gasteiger partial charge < -0.3 is 24.8 Å². The Morgan fingerprint density at radius 1 is 1.31 bits per heavy atom. The molecule has 0 radical (unpaired) electrons. The predicted octanol–water partition coefficient (Wildman–Crippen LogP) is 3.53. The van der Waals surface area contributed by atoms with Crippen molar-refractivity contribution in [2.24, 2.45) is 4.99 Å². The third-order valence-corrected chi connectivity index (χ3v) is 5.14. The van der Waals surface area contributed by atoms with Gasteiger partial charge in [-0.05, 0) is 45.2 Å². The Hall–Kier alpha value is -2.30. The zero-order chi connectivity index (χ0) is 22.4. The molecule has 8 nitrogen and oxygen atoms in total. The smallest absolute Gasteiger partial charge is 0.407 e. The maximum atomic E-state index is 12.0. The Labute approximate surface area is 207 Å². The molecular weight excluding hydrogens is 519 g/mol. The Morgan fingerprint density at radius 2 is 2.06 bits per heavy atom. The number of guanidine groups is 1. The fourth-order valence-corrected chi connectivity index (χ4v) is 3.66. The van der Waals surface area contributed by atoms with Crippen molar-refractivity contribution in [3.05, 3.63) is 53.6 Å². The van der Waals surface area contributed by atoms with E-state index in [0.717, 1.165) is 31.3 Å². The van der Waals surface area contributed by atoms with Gasteiger partial charge in [-0.25, -0.2) is 9.78 Å². The van der Waals surface area contributed by atoms with Crippen LogP contribution in [0.3, 0.4) is 0 Å². The van der Waals surface area contributed by atoms with Crippen LogP contribution in [0.2, 0.25) is 0 Å². The molecule has 3 rings (SSSR count). The van der Waals surface area contributed by atoms with E-state index in [1.165, 1.54) is 11.1 Å². The van der Waals surface area contributed by atoms with Crippen molar-refractivity contribution in [2.75, 3.05) is 20.1 Å². The maximum absolute atomic E-state index is 12.0. The third kappa shape index (κ3) is 7.68. The molecule has 9 heteroatoms. The number of halogens is 1. The molecule has 0 bridgehead atoms. The molecule has 0 saturated carbocycles. The molecule has 32 heavy (non-hydrogen) atoms. The number of nitrogens with zero attached hydrogens (tertiary/aromatic N) is 4. The van der Waals surface area contributed by atoms with Crippen LogP contribution in [-0.4, -0.2) is 58.3 Å². The molecule has 1 fully saturated rings. The summed E-state index contributed by atoms with van der Waals surface area (Å²) >= 11 is 0. The molecule has 1 aromatic carbocycles. The van der Waals surface area contributed by atoms with Crippen LogP contribution in [0.4, 0.5) is 4.79 Å². The number of carbonyl (C=O) groups excluding carboxylic acids is 1. The Bertz CT molecular complexity index is 921. The number of hydrogen-bond acceptors (Lipinski definition) is 4. The van der Waals surface area contributed by atoms with Gasteiger partial charge in [-0.2, -0.15) is 0 Å². The highest BCUT2D eigenvalue weighted by molar-refractivity contribution is 14.0. The third-order valence-electron chi connectivity index (χ3n) is 5.14. The van der Waals surface area contributed by atoms with Crippen LogP contribution in [0.25, 0.3) is 0 Å². The standard InChI is InChI=1S/C23H34N6O2.HI/c1-17-25-10-12-28(17)15-19-8-6-7-18(13-19)14-26-21(24-5)29-11-9-20(16-29)27-22(30)31-23(2,3)4;/h6-8,10,12-13,20H,9,11,14-16H2,1-5H3,(H,24,26)(H,27,30);1H. The summed E-state index contributed by atoms with van der Waals surface area (Å²) in [6, 6.07) is 8.58. The normalized spacial score (nSPS) is 16.5. The molecule has 1 aliphatic heterocycles. The lowest BCUT2D eigenvalue weighted by Crippen LogP contribution is -2.44. The van der Waals surface area contributed by atoms with Crippen molar-refractivity contribution in [1.82, 2.24) is 25.1 Å². The fourth-order valence-electron chi connectivity index (χ4n) is 3.66. The molecule has 1 amide bonds. The molecule has 176 valence electrons. The first-order chi connectivity index (χ1) is 14.7. The van der Waals surface area contributed by atoms with E-state index in [4.69, 9.17) is 4.74 Å². The molecule has 2 N–H and O–H groups in total. The van der Waals surface area contributed by atoms with Gasteiger partial charge in [0.25, 0.3) is 0 Å². The van der Waals surface area contributed by atoms with Gasteiger partial charge in [0.2, 0.25) is 0 Å². The molecule has 1 aliphatic rings. The number of carbonyl (C=O) groups is 1. The minimum absolute atomic E-state index is 0. The monoisotopic (exact) mass is 554 g/mol. The zero-order valence-electron chi connectivity index (χ0n) is 19.6. The van der Waals surface area contributed by atoms with Gasteiger partial charge in [-0.3, -0.25) is 4.99 Å². The van der Waals surface area contributed by atoms with Crippen molar-refractivity contribution in [2.45, 2.75) is 58.8 Å². The van der Waals surface area contributed by atoms with Crippen LogP contribution in [0, 0.1) is 6.92 Å². The Morgan fingerprint density at radius 3 is 2.72 bits per heavy atom. The van der Waals surface area contributed by atoms with Crippen LogP contribution in [0.1, 0.15) is 44.1 Å². The lowest BCUT2D eigenvalue weighted by Gasteiger charge is -2.23. The highest BCUT2D eigenvalue weighted by Crippen LogP contribution is 2.13. The molecule has 2 aromatic rings. The molecular formula is C23H35IN6O2. The molecule has 1 unspecified atom stereocenters. The summed E-state index contributed by atoms with van der Waals surface area (Å²) in [5.74, 6) is 1.84. The van der Waals surface area contributed by atoms with E-state index in [2.05, 4.69) is 54.3 Å². The van der Waals surface area contributed by atoms with E-state index in [0.29, 0.717) is 13.1 Å². The number of amides is 1. The van der Waals surface area contributed by atoms with Crippen LogP contribution >= 0.6 is 24.0 Å². The van der Waals surface area contributed by atoms with Gasteiger partial charge in [0.05, 0.1) is 6.04 Å². The topological polar surface area (TPSA) is 83.8 Å². The van der Waals surface area contributed by atoms with Gasteiger partial charge in [0, 0.05) is 45.6 Å². The maximum Gasteiger partial charge on any atom is 0.407 e. The van der Waals surface area contributed by atoms with Gasteiger partial charge >= 0.3 is 6.09 Å². The molecule has 1 atom stereocenters. The first kappa shape index (κ1) is 26.0. The Kier molecular flexibility index (Phi) is 9.35. The van der Waals surface area contributed by atoms with E-state index >= 15 is 0 Å². The lowest BCUT2D eigenvalue weighted by molar-refractivity contribution is 0.0507. The van der Waals surface area contributed by atoms with Gasteiger partial charge in [-0.1, -0.05) is 24.3 Å². The molecule has 0 aliphatic carbocycles. The van der Waals surface area contributed by atoms with Crippen LogP contribution in [-0.2, 0) is 17.8 Å². The summed E-state index contributed by atoms with van der Waals surface area (Å²) in [6.07, 6.45) is 4.31. The minimum Gasteiger partial charge on any atom is -0.444 e. The second-order valence-electron chi connectivity index (χ2n) is 8.90. The summed E-state index contributed by atoms with van der Waals surface area (Å²) in [5.41, 5.74) is 1.93. The minimum atomic E-state index is -0.495. The average Bonchev–Trinajstić information content (AvgIpc) is 3.30. The van der Waals surface area contributed by atoms with E-state index in [-0.39, 0.29) is 36.1 Å². The number of imidazole rings is 1. The van der Waals surface area contributed by atoms with Crippen LogP contribution in [0.15, 0.2) is 41.7 Å². The molecule has 2 heterocycles. The summed E-state index contributed by atoms with van der Waals surface area (Å²) in [5, 5.41) is 6.41. The fraction of sp³-hybridized carbons (Fsp3) is 0.522. The first-order valence-electron chi connectivity index (χ1n) is 10.7. The SMILES string of the molecule is CN=C(NCc1cccc(Cn2ccnc2C)c1)N1CCC(NC(=O)OC(C)(C)C)C1.I. The number of aryl methyl sites for hydroxylation is 1. The second-order valence-corrected chi connectivity index (χ2v) is 8.90. The zero-order valence-corrected chi connectivity index (χ0v) is 21.9. The summed E-state index contributed by atoms with van der Waals surface area (Å²) in [4.78, 5) is 22.9. The average molecular weight is 554 g/mol. The van der Waals surface area contributed by atoms with Gasteiger partial charge in [0.15, 0.2) is 5.96 Å². The summed E-state index contributed by atoms with van der Waals surface area (Å²) in [6.45, 7) is 10.6. The van der Waals surface area contributed by atoms with Crippen molar-refractivity contribution >= 4 is 36.0 Å². The predicted molar refractivity (Wildman–Crippen MR) is 137 cm³/mol. The van der Waals surface area contributed by atoms with Crippen LogP contribution in [0.5, 0.6) is 0 Å². The number of aromatic nitrogens is 2. The summed E-state index contributed by atoms with van der Waals surface area (Å²) in [7, 11) is 1.79. The molecule has 0 spiro atoms. The van der Waals surface area contributed by atoms with Crippen LogP contribution < -0.4 is 10.6 Å². The van der Waals surface area contributed by atoms with Gasteiger partial charge in [-0.15, -0.1) is 24.0 Å². The number of aliphatic imine (C=N–C) groups is 1. The highest BCUT2D eigenvalue weighted by Gasteiger charge is 2.27. The molecule has 1 saturated heterocycles. The van der Waals surface area contributed by atoms with E-state index in [1.807, 2.05) is 40.1 Å². The Balaban J connectivity index is 0.00000363.